The SMILES string of the molecule is CN1C(=O)C[C@H](C(=O)NCCOC2CCC(OCCOCCOCCC(=O)O)CC2)[C@H]1c1cccnc1.Cl. The first-order chi connectivity index (χ1) is 18.0. The summed E-state index contributed by atoms with van der Waals surface area (Å²) in [6.45, 7) is 2.80. The number of pyridine rings is 1. The largest absolute Gasteiger partial charge is 0.481 e. The Morgan fingerprint density at radius 1 is 1.03 bits per heavy atom. The molecule has 0 bridgehead atoms. The molecule has 1 aromatic heterocycles. The maximum absolute atomic E-state index is 12.8. The van der Waals surface area contributed by atoms with Crippen LogP contribution < -0.4 is 5.32 Å². The van der Waals surface area contributed by atoms with Gasteiger partial charge in [-0.15, -0.1) is 12.4 Å². The molecule has 0 unspecified atom stereocenters. The van der Waals surface area contributed by atoms with Crippen LogP contribution in [0.3, 0.4) is 0 Å². The Morgan fingerprint density at radius 3 is 2.29 bits per heavy atom. The predicted molar refractivity (Wildman–Crippen MR) is 140 cm³/mol. The molecule has 0 spiro atoms. The molecular formula is C26H40ClN3O8. The molecule has 1 saturated heterocycles. The zero-order valence-corrected chi connectivity index (χ0v) is 22.7. The summed E-state index contributed by atoms with van der Waals surface area (Å²) in [4.78, 5) is 41.2. The lowest BCUT2D eigenvalue weighted by Crippen LogP contribution is -2.37. The summed E-state index contributed by atoms with van der Waals surface area (Å²) in [6, 6.07) is 3.40. The van der Waals surface area contributed by atoms with Crippen molar-refractivity contribution in [2.75, 3.05) is 53.2 Å². The standard InChI is InChI=1S/C26H39N3O8.ClH/c1-29-23(30)17-22(25(29)19-3-2-9-27-18-19)26(33)28-10-12-36-20-4-6-21(7-5-20)37-16-15-35-14-13-34-11-8-24(31)32;/h2-3,9,18,20-22,25H,4-8,10-17H2,1H3,(H,28,33)(H,31,32);1H/t20?,21?,22-,25+;/m0./s1. The average molecular weight is 558 g/mol. The molecule has 2 amide bonds. The van der Waals surface area contributed by atoms with E-state index in [9.17, 15) is 14.4 Å². The number of hydrogen-bond acceptors (Lipinski definition) is 8. The third-order valence-electron chi connectivity index (χ3n) is 6.74. The molecule has 214 valence electrons. The van der Waals surface area contributed by atoms with Crippen molar-refractivity contribution in [1.29, 1.82) is 0 Å². The third kappa shape index (κ3) is 10.5. The highest BCUT2D eigenvalue weighted by molar-refractivity contribution is 5.90. The van der Waals surface area contributed by atoms with Crippen LogP contribution in [0.15, 0.2) is 24.5 Å². The van der Waals surface area contributed by atoms with Gasteiger partial charge in [0.25, 0.3) is 0 Å². The van der Waals surface area contributed by atoms with Gasteiger partial charge in [-0.25, -0.2) is 0 Å². The first kappa shape index (κ1) is 31.9. The van der Waals surface area contributed by atoms with Gasteiger partial charge in [-0.05, 0) is 37.3 Å². The number of ether oxygens (including phenoxy) is 4. The minimum absolute atomic E-state index is 0. The Labute approximate surface area is 229 Å². The summed E-state index contributed by atoms with van der Waals surface area (Å²) in [7, 11) is 1.73. The zero-order chi connectivity index (χ0) is 26.5. The molecule has 0 radical (unpaired) electrons. The first-order valence-corrected chi connectivity index (χ1v) is 13.0. The molecule has 2 atom stereocenters. The number of nitrogens with one attached hydrogen (secondary N) is 1. The lowest BCUT2D eigenvalue weighted by atomic mass is 9.94. The molecular weight excluding hydrogens is 518 g/mol. The van der Waals surface area contributed by atoms with E-state index in [2.05, 4.69) is 10.3 Å². The van der Waals surface area contributed by atoms with Crippen LogP contribution in [-0.2, 0) is 33.3 Å². The lowest BCUT2D eigenvalue weighted by molar-refractivity contribution is -0.138. The molecule has 1 aromatic rings. The van der Waals surface area contributed by atoms with E-state index < -0.39 is 11.9 Å². The molecule has 2 fully saturated rings. The van der Waals surface area contributed by atoms with Gasteiger partial charge in [0.05, 0.1) is 70.2 Å². The molecule has 0 aromatic carbocycles. The summed E-state index contributed by atoms with van der Waals surface area (Å²) in [5.74, 6) is -1.50. The second kappa shape index (κ2) is 17.3. The van der Waals surface area contributed by atoms with Crippen molar-refractivity contribution in [1.82, 2.24) is 15.2 Å². The van der Waals surface area contributed by atoms with E-state index in [1.165, 1.54) is 0 Å². The maximum atomic E-state index is 12.8. The first-order valence-electron chi connectivity index (χ1n) is 13.0. The molecule has 1 aliphatic carbocycles. The van der Waals surface area contributed by atoms with Gasteiger partial charge in [0, 0.05) is 32.4 Å². The fourth-order valence-corrected chi connectivity index (χ4v) is 4.76. The molecule has 1 saturated carbocycles. The molecule has 12 heteroatoms. The minimum atomic E-state index is -0.872. The zero-order valence-electron chi connectivity index (χ0n) is 21.9. The highest BCUT2D eigenvalue weighted by Gasteiger charge is 2.42. The van der Waals surface area contributed by atoms with Gasteiger partial charge >= 0.3 is 5.97 Å². The Kier molecular flexibility index (Phi) is 14.5. The fraction of sp³-hybridized carbons (Fsp3) is 0.692. The average Bonchev–Trinajstić information content (AvgIpc) is 3.20. The van der Waals surface area contributed by atoms with E-state index in [1.807, 2.05) is 12.1 Å². The van der Waals surface area contributed by atoms with E-state index in [1.54, 1.807) is 24.3 Å². The number of likely N-dealkylation sites (tertiary alicyclic amines) is 1. The Balaban J connectivity index is 0.00000507. The topological polar surface area (TPSA) is 137 Å². The smallest absolute Gasteiger partial charge is 0.305 e. The van der Waals surface area contributed by atoms with Crippen molar-refractivity contribution in [2.45, 2.75) is 56.8 Å². The van der Waals surface area contributed by atoms with Gasteiger partial charge in [-0.2, -0.15) is 0 Å². The number of nitrogens with zero attached hydrogens (tertiary/aromatic N) is 2. The van der Waals surface area contributed by atoms with Crippen molar-refractivity contribution in [3.05, 3.63) is 30.1 Å². The number of halogens is 1. The fourth-order valence-electron chi connectivity index (χ4n) is 4.76. The van der Waals surface area contributed by atoms with E-state index in [0.717, 1.165) is 31.2 Å². The van der Waals surface area contributed by atoms with Gasteiger partial charge in [0.15, 0.2) is 0 Å². The number of hydrogen-bond donors (Lipinski definition) is 2. The molecule has 1 aliphatic heterocycles. The predicted octanol–water partition coefficient (Wildman–Crippen LogP) is 1.99. The van der Waals surface area contributed by atoms with Crippen LogP contribution in [0.1, 0.15) is 50.1 Å². The molecule has 3 rings (SSSR count). The van der Waals surface area contributed by atoms with Crippen LogP contribution in [0, 0.1) is 5.92 Å². The van der Waals surface area contributed by atoms with Crippen LogP contribution in [0.5, 0.6) is 0 Å². The number of carbonyl (C=O) groups is 3. The van der Waals surface area contributed by atoms with E-state index in [-0.39, 0.29) is 61.9 Å². The molecule has 2 heterocycles. The normalized spacial score (nSPS) is 23.2. The van der Waals surface area contributed by atoms with Gasteiger partial charge in [-0.1, -0.05) is 6.07 Å². The number of aliphatic carboxylic acids is 1. The number of rotatable bonds is 16. The number of aromatic nitrogens is 1. The number of carbonyl (C=O) groups excluding carboxylic acids is 2. The quantitative estimate of drug-likeness (QED) is 0.292. The number of carboxylic acid groups (broad SMARTS) is 1. The number of amides is 2. The summed E-state index contributed by atoms with van der Waals surface area (Å²) in [6.07, 6.45) is 7.55. The van der Waals surface area contributed by atoms with Crippen LogP contribution >= 0.6 is 12.4 Å². The van der Waals surface area contributed by atoms with E-state index >= 15 is 0 Å². The van der Waals surface area contributed by atoms with Crippen molar-refractivity contribution in [2.24, 2.45) is 5.92 Å². The molecule has 11 nitrogen and oxygen atoms in total. The second-order valence-corrected chi connectivity index (χ2v) is 9.35. The Bertz CT molecular complexity index is 854. The number of carboxylic acids is 1. The summed E-state index contributed by atoms with van der Waals surface area (Å²) >= 11 is 0. The van der Waals surface area contributed by atoms with Gasteiger partial charge in [0.2, 0.25) is 11.8 Å². The summed E-state index contributed by atoms with van der Waals surface area (Å²) in [5, 5.41) is 11.5. The van der Waals surface area contributed by atoms with Crippen molar-refractivity contribution in [3.63, 3.8) is 0 Å². The molecule has 38 heavy (non-hydrogen) atoms. The highest BCUT2D eigenvalue weighted by Crippen LogP contribution is 2.36. The molecule has 2 aliphatic rings. The maximum Gasteiger partial charge on any atom is 0.305 e. The van der Waals surface area contributed by atoms with E-state index in [0.29, 0.717) is 39.6 Å². The van der Waals surface area contributed by atoms with Crippen molar-refractivity contribution < 1.29 is 38.4 Å². The summed E-state index contributed by atoms with van der Waals surface area (Å²) < 4.78 is 22.4. The van der Waals surface area contributed by atoms with Crippen LogP contribution in [0.25, 0.3) is 0 Å². The van der Waals surface area contributed by atoms with Crippen LogP contribution in [0.4, 0.5) is 0 Å². The van der Waals surface area contributed by atoms with Gasteiger partial charge < -0.3 is 34.3 Å². The second-order valence-electron chi connectivity index (χ2n) is 9.35. The van der Waals surface area contributed by atoms with Crippen LogP contribution in [0.2, 0.25) is 0 Å². The van der Waals surface area contributed by atoms with Crippen molar-refractivity contribution >= 4 is 30.2 Å². The van der Waals surface area contributed by atoms with E-state index in [4.69, 9.17) is 24.1 Å². The molecule has 2 N–H and O–H groups in total. The third-order valence-corrected chi connectivity index (χ3v) is 6.74. The van der Waals surface area contributed by atoms with Gasteiger partial charge in [0.1, 0.15) is 0 Å². The van der Waals surface area contributed by atoms with Gasteiger partial charge in [-0.3, -0.25) is 19.4 Å². The monoisotopic (exact) mass is 557 g/mol. The van der Waals surface area contributed by atoms with Crippen LogP contribution in [-0.4, -0.2) is 98.2 Å². The lowest BCUT2D eigenvalue weighted by Gasteiger charge is -2.29. The minimum Gasteiger partial charge on any atom is -0.481 e. The summed E-state index contributed by atoms with van der Waals surface area (Å²) in [5.41, 5.74) is 0.861. The Hall–Kier alpha value is -2.31. The highest BCUT2D eigenvalue weighted by atomic mass is 35.5. The van der Waals surface area contributed by atoms with Crippen molar-refractivity contribution in [3.8, 4) is 0 Å². The Morgan fingerprint density at radius 2 is 1.66 bits per heavy atom.